The molecule has 3 N–H and O–H groups in total. The van der Waals surface area contributed by atoms with Gasteiger partial charge in [0.1, 0.15) is 29.1 Å². The number of rotatable bonds is 10. The van der Waals surface area contributed by atoms with E-state index in [2.05, 4.69) is 75.6 Å². The van der Waals surface area contributed by atoms with Gasteiger partial charge < -0.3 is 25.0 Å². The second-order valence-corrected chi connectivity index (χ2v) is 15.4. The van der Waals surface area contributed by atoms with Crippen molar-refractivity contribution < 1.29 is 14.6 Å². The highest BCUT2D eigenvalue weighted by Crippen LogP contribution is 2.39. The first-order chi connectivity index (χ1) is 25.0. The summed E-state index contributed by atoms with van der Waals surface area (Å²) in [7, 11) is 4.01. The number of amides is 2. The van der Waals surface area contributed by atoms with Gasteiger partial charge >= 0.3 is 6.03 Å². The number of ether oxygens (including phenoxy) is 1. The fourth-order valence-electron chi connectivity index (χ4n) is 7.20. The number of carbonyl (C=O) groups excluding carboxylic acids is 1. The van der Waals surface area contributed by atoms with Crippen molar-refractivity contribution in [3.63, 3.8) is 0 Å². The number of aliphatic hydroxyl groups is 1. The molecule has 1 fully saturated rings. The first kappa shape index (κ1) is 35.5. The molecule has 0 spiro atoms. The molecule has 1 aliphatic heterocycles. The SMILES string of the molecule is CC1CCCCN1c1nnc2ccc(OC3CCC(NC(=O)Nc4cc(C(C)(C)C)nn4-c4cn(CCN(C)C)nc4CO)c4ccccc43)cn12. The lowest BCUT2D eigenvalue weighted by Crippen LogP contribution is -2.38. The average Bonchev–Trinajstić information content (AvgIpc) is 3.85. The van der Waals surface area contributed by atoms with Crippen LogP contribution in [0.25, 0.3) is 11.3 Å². The highest BCUT2D eigenvalue weighted by molar-refractivity contribution is 5.89. The lowest BCUT2D eigenvalue weighted by molar-refractivity contribution is 0.171. The van der Waals surface area contributed by atoms with Crippen LogP contribution < -0.4 is 20.3 Å². The Morgan fingerprint density at radius 2 is 1.83 bits per heavy atom. The number of pyridine rings is 1. The van der Waals surface area contributed by atoms with Gasteiger partial charge in [0.15, 0.2) is 5.65 Å². The first-order valence-electron chi connectivity index (χ1n) is 18.4. The Balaban J connectivity index is 1.09. The summed E-state index contributed by atoms with van der Waals surface area (Å²) in [6.07, 6.45) is 8.63. The normalized spacial score (nSPS) is 19.2. The van der Waals surface area contributed by atoms with E-state index >= 15 is 0 Å². The van der Waals surface area contributed by atoms with Gasteiger partial charge in [0.05, 0.1) is 37.3 Å². The quantitative estimate of drug-likeness (QED) is 0.169. The zero-order chi connectivity index (χ0) is 36.6. The summed E-state index contributed by atoms with van der Waals surface area (Å²) in [6.45, 7) is 10.6. The van der Waals surface area contributed by atoms with Crippen molar-refractivity contribution in [1.29, 1.82) is 0 Å². The number of urea groups is 1. The predicted molar refractivity (Wildman–Crippen MR) is 200 cm³/mol. The van der Waals surface area contributed by atoms with E-state index in [4.69, 9.17) is 9.84 Å². The lowest BCUT2D eigenvalue weighted by atomic mass is 9.85. The Bertz CT molecular complexity index is 2020. The van der Waals surface area contributed by atoms with Crippen LogP contribution in [-0.2, 0) is 18.6 Å². The molecule has 3 atom stereocenters. The number of hydrogen-bond donors (Lipinski definition) is 3. The molecule has 1 aromatic carbocycles. The molecule has 4 aromatic heterocycles. The van der Waals surface area contributed by atoms with Crippen molar-refractivity contribution in [1.82, 2.24) is 44.4 Å². The third kappa shape index (κ3) is 7.35. The second-order valence-electron chi connectivity index (χ2n) is 15.4. The highest BCUT2D eigenvalue weighted by Gasteiger charge is 2.31. The zero-order valence-electron chi connectivity index (χ0n) is 31.1. The fourth-order valence-corrected chi connectivity index (χ4v) is 7.20. The summed E-state index contributed by atoms with van der Waals surface area (Å²) in [5, 5.41) is 34.9. The van der Waals surface area contributed by atoms with Gasteiger partial charge in [-0.2, -0.15) is 10.2 Å². The number of benzene rings is 1. The van der Waals surface area contributed by atoms with E-state index in [0.717, 1.165) is 66.5 Å². The Labute approximate surface area is 304 Å². The number of hydrogen-bond acceptors (Lipinski definition) is 9. The maximum atomic E-state index is 13.7. The van der Waals surface area contributed by atoms with Gasteiger partial charge in [-0.3, -0.25) is 14.4 Å². The molecule has 1 aliphatic carbocycles. The second kappa shape index (κ2) is 14.6. The van der Waals surface area contributed by atoms with Crippen molar-refractivity contribution >= 4 is 23.4 Å². The molecule has 1 saturated heterocycles. The van der Waals surface area contributed by atoms with Crippen LogP contribution in [0.5, 0.6) is 5.75 Å². The number of nitrogens with zero attached hydrogens (tertiary/aromatic N) is 9. The van der Waals surface area contributed by atoms with Crippen LogP contribution in [0.4, 0.5) is 16.6 Å². The molecule has 0 bridgehead atoms. The molecule has 5 aromatic rings. The molecular weight excluding hydrogens is 658 g/mol. The van der Waals surface area contributed by atoms with Crippen molar-refractivity contribution in [2.45, 2.75) is 96.6 Å². The Morgan fingerprint density at radius 1 is 1.02 bits per heavy atom. The van der Waals surface area contributed by atoms with Crippen LogP contribution >= 0.6 is 0 Å². The highest BCUT2D eigenvalue weighted by atomic mass is 16.5. The first-order valence-corrected chi connectivity index (χ1v) is 18.4. The van der Waals surface area contributed by atoms with Gasteiger partial charge in [-0.15, -0.1) is 10.2 Å². The molecule has 3 unspecified atom stereocenters. The molecule has 2 amide bonds. The number of piperidine rings is 1. The molecule has 276 valence electrons. The molecular formula is C38H51N11O3. The third-order valence-electron chi connectivity index (χ3n) is 10.1. The minimum atomic E-state index is -0.344. The van der Waals surface area contributed by atoms with E-state index in [1.807, 2.05) is 61.2 Å². The molecule has 7 rings (SSSR count). The van der Waals surface area contributed by atoms with Crippen LogP contribution in [0.1, 0.15) is 94.5 Å². The standard InChI is InChI=1S/C38H51N11O3/c1-25-11-9-10-18-47(25)37-42-41-34-17-14-26(22-48(34)37)52-32-16-15-29(27-12-7-8-13-28(27)32)39-36(51)40-35-21-33(38(2,3)4)44-49(35)31-23-46(20-19-45(5)6)43-30(31)24-50/h7-8,12-14,17,21-23,25,29,32,50H,9-11,15-16,18-20,24H2,1-6H3,(H2,39,40,51). The molecule has 14 heteroatoms. The van der Waals surface area contributed by atoms with Crippen LogP contribution in [0.2, 0.25) is 0 Å². The van der Waals surface area contributed by atoms with E-state index in [1.165, 1.54) is 6.42 Å². The summed E-state index contributed by atoms with van der Waals surface area (Å²) >= 11 is 0. The Morgan fingerprint density at radius 3 is 2.58 bits per heavy atom. The van der Waals surface area contributed by atoms with Crippen molar-refractivity contribution in [2.75, 3.05) is 37.4 Å². The number of anilines is 2. The van der Waals surface area contributed by atoms with Gasteiger partial charge in [0.25, 0.3) is 0 Å². The average molecular weight is 710 g/mol. The van der Waals surface area contributed by atoms with Crippen molar-refractivity contribution in [3.05, 3.63) is 77.4 Å². The lowest BCUT2D eigenvalue weighted by Gasteiger charge is -2.33. The third-order valence-corrected chi connectivity index (χ3v) is 10.1. The van der Waals surface area contributed by atoms with E-state index in [1.54, 1.807) is 9.36 Å². The summed E-state index contributed by atoms with van der Waals surface area (Å²) in [5.41, 5.74) is 4.50. The van der Waals surface area contributed by atoms with Gasteiger partial charge in [0.2, 0.25) is 5.95 Å². The number of aromatic nitrogens is 7. The largest absolute Gasteiger partial charge is 0.484 e. The molecule has 2 aliphatic rings. The predicted octanol–water partition coefficient (Wildman–Crippen LogP) is 5.62. The number of fused-ring (bicyclic) bond motifs is 2. The van der Waals surface area contributed by atoms with Gasteiger partial charge in [-0.25, -0.2) is 9.48 Å². The zero-order valence-corrected chi connectivity index (χ0v) is 31.1. The number of likely N-dealkylation sites (N-methyl/N-ethyl adjacent to an activating group) is 1. The smallest absolute Gasteiger partial charge is 0.320 e. The fraction of sp³-hybridized carbons (Fsp3) is 0.500. The molecule has 5 heterocycles. The van der Waals surface area contributed by atoms with Gasteiger partial charge in [-0.1, -0.05) is 45.0 Å². The number of aliphatic hydroxyl groups excluding tert-OH is 1. The van der Waals surface area contributed by atoms with Crippen LogP contribution in [0.3, 0.4) is 0 Å². The number of carbonyl (C=O) groups is 1. The maximum absolute atomic E-state index is 13.7. The minimum Gasteiger partial charge on any atom is -0.484 e. The van der Waals surface area contributed by atoms with E-state index in [9.17, 15) is 9.90 Å². The van der Waals surface area contributed by atoms with E-state index in [0.29, 0.717) is 36.2 Å². The molecule has 52 heavy (non-hydrogen) atoms. The summed E-state index contributed by atoms with van der Waals surface area (Å²) in [6, 6.07) is 13.8. The van der Waals surface area contributed by atoms with E-state index in [-0.39, 0.29) is 30.2 Å². The van der Waals surface area contributed by atoms with E-state index < -0.39 is 0 Å². The summed E-state index contributed by atoms with van der Waals surface area (Å²) in [4.78, 5) is 18.2. The van der Waals surface area contributed by atoms with Crippen molar-refractivity contribution in [2.24, 2.45) is 0 Å². The number of nitrogens with one attached hydrogen (secondary N) is 2. The topological polar surface area (TPSA) is 143 Å². The summed E-state index contributed by atoms with van der Waals surface area (Å²) < 4.78 is 12.2. The van der Waals surface area contributed by atoms with Crippen LogP contribution in [0, 0.1) is 0 Å². The maximum Gasteiger partial charge on any atom is 0.320 e. The monoisotopic (exact) mass is 709 g/mol. The molecule has 0 saturated carbocycles. The summed E-state index contributed by atoms with van der Waals surface area (Å²) in [5.74, 6) is 2.10. The van der Waals surface area contributed by atoms with Gasteiger partial charge in [-0.05, 0) is 76.4 Å². The molecule has 14 nitrogen and oxygen atoms in total. The Hall–Kier alpha value is -4.95. The van der Waals surface area contributed by atoms with Crippen molar-refractivity contribution in [3.8, 4) is 11.4 Å². The minimum absolute atomic E-state index is 0.180. The van der Waals surface area contributed by atoms with Gasteiger partial charge in [0, 0.05) is 30.6 Å². The van der Waals surface area contributed by atoms with Crippen LogP contribution in [0.15, 0.2) is 54.9 Å². The Kier molecular flexibility index (Phi) is 9.94. The van der Waals surface area contributed by atoms with Crippen LogP contribution in [-0.4, -0.2) is 83.4 Å². The molecule has 0 radical (unpaired) electrons.